The maximum absolute atomic E-state index is 11.3. The van der Waals surface area contributed by atoms with Crippen molar-refractivity contribution in [2.24, 2.45) is 0 Å². The van der Waals surface area contributed by atoms with Crippen molar-refractivity contribution in [1.29, 1.82) is 0 Å². The topological polar surface area (TPSA) is 62.7 Å². The van der Waals surface area contributed by atoms with Gasteiger partial charge >= 0.3 is 5.97 Å². The second-order valence-corrected chi connectivity index (χ2v) is 3.62. The highest BCUT2D eigenvalue weighted by molar-refractivity contribution is 5.88. The third-order valence-electron chi connectivity index (χ3n) is 2.12. The number of hydrogen-bond acceptors (Lipinski definition) is 5. The molecule has 1 atom stereocenters. The van der Waals surface area contributed by atoms with Crippen LogP contribution in [-0.4, -0.2) is 42.9 Å². The fourth-order valence-corrected chi connectivity index (χ4v) is 1.37. The normalized spacial score (nSPS) is 12.0. The Bertz CT molecular complexity index is 366. The Morgan fingerprint density at radius 2 is 2.38 bits per heavy atom. The van der Waals surface area contributed by atoms with Gasteiger partial charge in [0.2, 0.25) is 0 Å². The molecule has 1 rings (SSSR count). The SMILES string of the molecule is COC(=O)c1cc(N(C)CC(C)O)ccn1. The molecule has 1 heterocycles. The summed E-state index contributed by atoms with van der Waals surface area (Å²) in [5.74, 6) is -0.465. The van der Waals surface area contributed by atoms with E-state index in [4.69, 9.17) is 0 Å². The van der Waals surface area contributed by atoms with Crippen molar-refractivity contribution in [2.75, 3.05) is 25.6 Å². The predicted octanol–water partition coefficient (Wildman–Crippen LogP) is 0.685. The van der Waals surface area contributed by atoms with E-state index in [-0.39, 0.29) is 5.69 Å². The van der Waals surface area contributed by atoms with Gasteiger partial charge < -0.3 is 14.7 Å². The summed E-state index contributed by atoms with van der Waals surface area (Å²) in [6, 6.07) is 3.41. The van der Waals surface area contributed by atoms with Gasteiger partial charge in [0.05, 0.1) is 13.2 Å². The number of pyridine rings is 1. The molecule has 0 aromatic carbocycles. The highest BCUT2D eigenvalue weighted by Crippen LogP contribution is 2.13. The van der Waals surface area contributed by atoms with Crippen molar-refractivity contribution in [3.05, 3.63) is 24.0 Å². The average Bonchev–Trinajstić information content (AvgIpc) is 2.27. The number of ether oxygens (including phenoxy) is 1. The van der Waals surface area contributed by atoms with Gasteiger partial charge in [-0.3, -0.25) is 0 Å². The quantitative estimate of drug-likeness (QED) is 0.762. The van der Waals surface area contributed by atoms with Gasteiger partial charge in [-0.15, -0.1) is 0 Å². The Kier molecular flexibility index (Phi) is 4.25. The molecule has 0 saturated heterocycles. The molecule has 0 radical (unpaired) electrons. The molecule has 16 heavy (non-hydrogen) atoms. The molecule has 0 saturated carbocycles. The van der Waals surface area contributed by atoms with Crippen LogP contribution in [0.25, 0.3) is 0 Å². The van der Waals surface area contributed by atoms with E-state index in [0.29, 0.717) is 6.54 Å². The Morgan fingerprint density at radius 1 is 1.69 bits per heavy atom. The van der Waals surface area contributed by atoms with Crippen LogP contribution in [0.5, 0.6) is 0 Å². The maximum Gasteiger partial charge on any atom is 0.356 e. The van der Waals surface area contributed by atoms with E-state index >= 15 is 0 Å². The third-order valence-corrected chi connectivity index (χ3v) is 2.12. The van der Waals surface area contributed by atoms with E-state index in [1.807, 2.05) is 11.9 Å². The molecule has 0 fully saturated rings. The van der Waals surface area contributed by atoms with Crippen molar-refractivity contribution in [2.45, 2.75) is 13.0 Å². The van der Waals surface area contributed by atoms with Crippen molar-refractivity contribution in [3.63, 3.8) is 0 Å². The summed E-state index contributed by atoms with van der Waals surface area (Å²) < 4.78 is 4.58. The lowest BCUT2D eigenvalue weighted by Gasteiger charge is -2.20. The summed E-state index contributed by atoms with van der Waals surface area (Å²) in [6.07, 6.45) is 1.11. The average molecular weight is 224 g/mol. The molecule has 88 valence electrons. The number of aliphatic hydroxyl groups excluding tert-OH is 1. The van der Waals surface area contributed by atoms with Crippen LogP contribution in [0.4, 0.5) is 5.69 Å². The number of carbonyl (C=O) groups is 1. The number of methoxy groups -OCH3 is 1. The first-order valence-electron chi connectivity index (χ1n) is 4.98. The number of anilines is 1. The first-order chi connectivity index (χ1) is 7.54. The van der Waals surface area contributed by atoms with Gasteiger partial charge in [0.15, 0.2) is 0 Å². The zero-order chi connectivity index (χ0) is 12.1. The Morgan fingerprint density at radius 3 is 2.94 bits per heavy atom. The van der Waals surface area contributed by atoms with Gasteiger partial charge in [0.1, 0.15) is 5.69 Å². The number of nitrogens with zero attached hydrogens (tertiary/aromatic N) is 2. The summed E-state index contributed by atoms with van der Waals surface area (Å²) in [4.78, 5) is 17.0. The largest absolute Gasteiger partial charge is 0.464 e. The van der Waals surface area contributed by atoms with Crippen molar-refractivity contribution >= 4 is 11.7 Å². The van der Waals surface area contributed by atoms with E-state index in [2.05, 4.69) is 9.72 Å². The van der Waals surface area contributed by atoms with Gasteiger partial charge in [-0.05, 0) is 19.1 Å². The number of likely N-dealkylation sites (N-methyl/N-ethyl adjacent to an activating group) is 1. The minimum Gasteiger partial charge on any atom is -0.464 e. The number of esters is 1. The Labute approximate surface area is 94.7 Å². The first kappa shape index (κ1) is 12.4. The molecule has 0 aliphatic rings. The molecule has 1 N–H and O–H groups in total. The molecule has 0 aliphatic carbocycles. The second kappa shape index (κ2) is 5.46. The summed E-state index contributed by atoms with van der Waals surface area (Å²) in [5.41, 5.74) is 1.08. The van der Waals surface area contributed by atoms with Crippen LogP contribution < -0.4 is 4.90 Å². The minimum atomic E-state index is -0.465. The molecule has 1 aromatic rings. The zero-order valence-corrected chi connectivity index (χ0v) is 9.67. The smallest absolute Gasteiger partial charge is 0.356 e. The van der Waals surface area contributed by atoms with E-state index in [1.165, 1.54) is 7.11 Å². The maximum atomic E-state index is 11.3. The third kappa shape index (κ3) is 3.20. The van der Waals surface area contributed by atoms with Crippen LogP contribution in [0.2, 0.25) is 0 Å². The van der Waals surface area contributed by atoms with Crippen LogP contribution in [0.15, 0.2) is 18.3 Å². The number of hydrogen-bond donors (Lipinski definition) is 1. The monoisotopic (exact) mass is 224 g/mol. The number of aromatic nitrogens is 1. The van der Waals surface area contributed by atoms with Crippen LogP contribution in [0.1, 0.15) is 17.4 Å². The Hall–Kier alpha value is -1.62. The van der Waals surface area contributed by atoms with Crippen LogP contribution >= 0.6 is 0 Å². The molecule has 1 aromatic heterocycles. The lowest BCUT2D eigenvalue weighted by atomic mass is 10.2. The summed E-state index contributed by atoms with van der Waals surface area (Å²) in [6.45, 7) is 2.20. The summed E-state index contributed by atoms with van der Waals surface area (Å²) >= 11 is 0. The second-order valence-electron chi connectivity index (χ2n) is 3.62. The number of rotatable bonds is 4. The van der Waals surface area contributed by atoms with Crippen LogP contribution in [0.3, 0.4) is 0 Å². The fraction of sp³-hybridized carbons (Fsp3) is 0.455. The summed E-state index contributed by atoms with van der Waals surface area (Å²) in [7, 11) is 3.15. The standard InChI is InChI=1S/C11H16N2O3/c1-8(14)7-13(2)9-4-5-12-10(6-9)11(15)16-3/h4-6,8,14H,7H2,1-3H3. The lowest BCUT2D eigenvalue weighted by Crippen LogP contribution is -2.27. The van der Waals surface area contributed by atoms with Gasteiger partial charge in [0.25, 0.3) is 0 Å². The van der Waals surface area contributed by atoms with Gasteiger partial charge in [0, 0.05) is 25.5 Å². The molecule has 5 heteroatoms. The first-order valence-corrected chi connectivity index (χ1v) is 4.98. The van der Waals surface area contributed by atoms with Crippen LogP contribution in [0, 0.1) is 0 Å². The Balaban J connectivity index is 2.85. The molecule has 0 spiro atoms. The molecule has 0 amide bonds. The van der Waals surface area contributed by atoms with Gasteiger partial charge in [-0.2, -0.15) is 0 Å². The summed E-state index contributed by atoms with van der Waals surface area (Å²) in [5, 5.41) is 9.26. The highest BCUT2D eigenvalue weighted by atomic mass is 16.5. The van der Waals surface area contributed by atoms with E-state index in [9.17, 15) is 9.90 Å². The molecular weight excluding hydrogens is 208 g/mol. The van der Waals surface area contributed by atoms with E-state index in [0.717, 1.165) is 5.69 Å². The molecule has 0 aliphatic heterocycles. The van der Waals surface area contributed by atoms with Crippen LogP contribution in [-0.2, 0) is 4.74 Å². The molecule has 1 unspecified atom stereocenters. The lowest BCUT2D eigenvalue weighted by molar-refractivity contribution is 0.0594. The fourth-order valence-electron chi connectivity index (χ4n) is 1.37. The highest BCUT2D eigenvalue weighted by Gasteiger charge is 2.10. The number of aliphatic hydroxyl groups is 1. The van der Waals surface area contributed by atoms with E-state index in [1.54, 1.807) is 25.3 Å². The van der Waals surface area contributed by atoms with Gasteiger partial charge in [-0.25, -0.2) is 9.78 Å². The van der Waals surface area contributed by atoms with Gasteiger partial charge in [-0.1, -0.05) is 0 Å². The molecular formula is C11H16N2O3. The minimum absolute atomic E-state index is 0.262. The molecule has 5 nitrogen and oxygen atoms in total. The number of carbonyl (C=O) groups excluding carboxylic acids is 1. The predicted molar refractivity (Wildman–Crippen MR) is 60.5 cm³/mol. The van der Waals surface area contributed by atoms with E-state index < -0.39 is 12.1 Å². The van der Waals surface area contributed by atoms with Crippen molar-refractivity contribution < 1.29 is 14.6 Å². The zero-order valence-electron chi connectivity index (χ0n) is 9.67. The van der Waals surface area contributed by atoms with Crippen molar-refractivity contribution in [1.82, 2.24) is 4.98 Å². The van der Waals surface area contributed by atoms with Crippen molar-refractivity contribution in [3.8, 4) is 0 Å². The molecule has 0 bridgehead atoms.